The van der Waals surface area contributed by atoms with Gasteiger partial charge in [-0.05, 0) is 55.7 Å². The number of carbonyl (C=O) groups excluding carboxylic acids is 2. The van der Waals surface area contributed by atoms with Crippen molar-refractivity contribution >= 4 is 70.0 Å². The first-order chi connectivity index (χ1) is 15.1. The summed E-state index contributed by atoms with van der Waals surface area (Å²) >= 11 is 26.0. The van der Waals surface area contributed by atoms with Crippen molar-refractivity contribution in [3.05, 3.63) is 67.6 Å². The predicted octanol–water partition coefficient (Wildman–Crippen LogP) is 6.87. The van der Waals surface area contributed by atoms with Gasteiger partial charge in [-0.2, -0.15) is 0 Å². The fourth-order valence-corrected chi connectivity index (χ4v) is 5.04. The molecule has 32 heavy (non-hydrogen) atoms. The maximum Gasteiger partial charge on any atom is 0.243 e. The number of amides is 2. The molecular weight excluding hydrogens is 510 g/mol. The van der Waals surface area contributed by atoms with Crippen LogP contribution in [0.15, 0.2) is 36.4 Å². The van der Waals surface area contributed by atoms with Crippen LogP contribution in [0.25, 0.3) is 0 Å². The van der Waals surface area contributed by atoms with E-state index in [0.717, 1.165) is 11.1 Å². The third kappa shape index (κ3) is 8.03. The largest absolute Gasteiger partial charge is 0.352 e. The van der Waals surface area contributed by atoms with Crippen molar-refractivity contribution in [1.29, 1.82) is 0 Å². The normalized spacial score (nSPS) is 12.0. The summed E-state index contributed by atoms with van der Waals surface area (Å²) in [6.45, 7) is 5.87. The molecule has 0 aliphatic rings. The van der Waals surface area contributed by atoms with Crippen molar-refractivity contribution in [3.8, 4) is 0 Å². The Balaban J connectivity index is 2.19. The number of rotatable bonds is 10. The molecule has 2 aromatic rings. The van der Waals surface area contributed by atoms with E-state index in [1.165, 1.54) is 11.8 Å². The quantitative estimate of drug-likeness (QED) is 0.361. The zero-order valence-corrected chi connectivity index (χ0v) is 22.0. The fourth-order valence-electron chi connectivity index (χ4n) is 3.10. The topological polar surface area (TPSA) is 49.4 Å². The molecule has 4 nitrogen and oxygen atoms in total. The molecule has 9 heteroatoms. The lowest BCUT2D eigenvalue weighted by atomic mass is 10.1. The molecule has 0 aliphatic carbocycles. The van der Waals surface area contributed by atoms with Gasteiger partial charge in [-0.3, -0.25) is 9.59 Å². The molecule has 0 spiro atoms. The van der Waals surface area contributed by atoms with Gasteiger partial charge in [0.25, 0.3) is 0 Å². The van der Waals surface area contributed by atoms with Crippen molar-refractivity contribution in [3.63, 3.8) is 0 Å². The maximum absolute atomic E-state index is 13.2. The number of nitrogens with zero attached hydrogens (tertiary/aromatic N) is 1. The van der Waals surface area contributed by atoms with E-state index in [9.17, 15) is 9.59 Å². The molecule has 0 aliphatic heterocycles. The van der Waals surface area contributed by atoms with Crippen LogP contribution in [0.1, 0.15) is 38.3 Å². The van der Waals surface area contributed by atoms with Gasteiger partial charge in [0.1, 0.15) is 6.04 Å². The maximum atomic E-state index is 13.2. The Kier molecular flexibility index (Phi) is 11.0. The van der Waals surface area contributed by atoms with Gasteiger partial charge >= 0.3 is 0 Å². The molecule has 1 atom stereocenters. The summed E-state index contributed by atoms with van der Waals surface area (Å²) in [5.41, 5.74) is 1.62. The standard InChI is InChI=1S/C23H26Cl4N2O2S/c1-4-21(23(31)28-14(2)3)29(11-15-5-7-17(24)9-19(15)26)22(30)13-32-12-16-6-8-18(25)10-20(16)27/h5-10,14,21H,4,11-13H2,1-3H3,(H,28,31)/t21-/m0/s1. The Morgan fingerprint density at radius 3 is 2.03 bits per heavy atom. The van der Waals surface area contributed by atoms with E-state index in [1.807, 2.05) is 26.8 Å². The number of thioether (sulfide) groups is 1. The van der Waals surface area contributed by atoms with E-state index in [0.29, 0.717) is 32.3 Å². The van der Waals surface area contributed by atoms with Gasteiger partial charge in [0, 0.05) is 38.4 Å². The molecule has 2 amide bonds. The summed E-state index contributed by atoms with van der Waals surface area (Å²) in [5, 5.41) is 5.00. The summed E-state index contributed by atoms with van der Waals surface area (Å²) < 4.78 is 0. The molecule has 0 radical (unpaired) electrons. The number of hydrogen-bond acceptors (Lipinski definition) is 3. The summed E-state index contributed by atoms with van der Waals surface area (Å²) in [7, 11) is 0. The predicted molar refractivity (Wildman–Crippen MR) is 137 cm³/mol. The molecule has 1 N–H and O–H groups in total. The Labute approximate surface area is 213 Å². The molecule has 174 valence electrons. The Morgan fingerprint density at radius 2 is 1.53 bits per heavy atom. The second kappa shape index (κ2) is 13.0. The highest BCUT2D eigenvalue weighted by Crippen LogP contribution is 2.27. The first kappa shape index (κ1) is 27.1. The van der Waals surface area contributed by atoms with E-state index in [2.05, 4.69) is 5.32 Å². The minimum absolute atomic E-state index is 0.0333. The van der Waals surface area contributed by atoms with Crippen LogP contribution in [-0.2, 0) is 21.9 Å². The molecular formula is C23H26Cl4N2O2S. The molecule has 0 saturated heterocycles. The molecule has 0 saturated carbocycles. The first-order valence-corrected chi connectivity index (χ1v) is 12.8. The van der Waals surface area contributed by atoms with Gasteiger partial charge in [-0.15, -0.1) is 11.8 Å². The van der Waals surface area contributed by atoms with Crippen molar-refractivity contribution in [2.75, 3.05) is 5.75 Å². The van der Waals surface area contributed by atoms with E-state index < -0.39 is 6.04 Å². The second-order valence-corrected chi connectivity index (χ2v) is 10.2. The molecule has 2 aromatic carbocycles. The number of hydrogen-bond donors (Lipinski definition) is 1. The van der Waals surface area contributed by atoms with Gasteiger partial charge < -0.3 is 10.2 Å². The van der Waals surface area contributed by atoms with Crippen LogP contribution in [0.3, 0.4) is 0 Å². The van der Waals surface area contributed by atoms with Crippen LogP contribution >= 0.6 is 58.2 Å². The fraction of sp³-hybridized carbons (Fsp3) is 0.391. The highest BCUT2D eigenvalue weighted by Gasteiger charge is 2.29. The zero-order chi connectivity index (χ0) is 23.8. The minimum Gasteiger partial charge on any atom is -0.352 e. The second-order valence-electron chi connectivity index (χ2n) is 7.57. The smallest absolute Gasteiger partial charge is 0.243 e. The lowest BCUT2D eigenvalue weighted by Crippen LogP contribution is -2.51. The number of nitrogens with one attached hydrogen (secondary N) is 1. The molecule has 0 aromatic heterocycles. The van der Waals surface area contributed by atoms with Crippen LogP contribution in [0.4, 0.5) is 0 Å². The van der Waals surface area contributed by atoms with Crippen LogP contribution in [0.2, 0.25) is 20.1 Å². The van der Waals surface area contributed by atoms with Crippen LogP contribution in [-0.4, -0.2) is 34.6 Å². The number of benzene rings is 2. The van der Waals surface area contributed by atoms with Crippen LogP contribution < -0.4 is 5.32 Å². The summed E-state index contributed by atoms with van der Waals surface area (Å²) in [5.74, 6) is 0.394. The highest BCUT2D eigenvalue weighted by molar-refractivity contribution is 7.99. The van der Waals surface area contributed by atoms with E-state index in [4.69, 9.17) is 46.4 Å². The Hall–Kier alpha value is -1.11. The third-order valence-electron chi connectivity index (χ3n) is 4.67. The number of halogens is 4. The van der Waals surface area contributed by atoms with E-state index >= 15 is 0 Å². The molecule has 0 bridgehead atoms. The summed E-state index contributed by atoms with van der Waals surface area (Å²) in [4.78, 5) is 27.7. The van der Waals surface area contributed by atoms with Crippen LogP contribution in [0.5, 0.6) is 0 Å². The van der Waals surface area contributed by atoms with Gasteiger partial charge in [0.2, 0.25) is 11.8 Å². The SMILES string of the molecule is CC[C@@H](C(=O)NC(C)C)N(Cc1ccc(Cl)cc1Cl)C(=O)CSCc1ccc(Cl)cc1Cl. The zero-order valence-electron chi connectivity index (χ0n) is 18.1. The molecule has 0 heterocycles. The van der Waals surface area contributed by atoms with Crippen LogP contribution in [0, 0.1) is 0 Å². The Bertz CT molecular complexity index is 956. The van der Waals surface area contributed by atoms with Gasteiger partial charge in [-0.25, -0.2) is 0 Å². The lowest BCUT2D eigenvalue weighted by Gasteiger charge is -2.31. The van der Waals surface area contributed by atoms with E-state index in [-0.39, 0.29) is 30.2 Å². The average molecular weight is 536 g/mol. The molecule has 0 fully saturated rings. The lowest BCUT2D eigenvalue weighted by molar-refractivity contribution is -0.139. The molecule has 2 rings (SSSR count). The summed E-state index contributed by atoms with van der Waals surface area (Å²) in [6.07, 6.45) is 0.475. The van der Waals surface area contributed by atoms with Crippen molar-refractivity contribution < 1.29 is 9.59 Å². The van der Waals surface area contributed by atoms with E-state index in [1.54, 1.807) is 35.2 Å². The van der Waals surface area contributed by atoms with Crippen molar-refractivity contribution in [2.24, 2.45) is 0 Å². The average Bonchev–Trinajstić information content (AvgIpc) is 2.70. The number of carbonyl (C=O) groups is 2. The third-order valence-corrected chi connectivity index (χ3v) is 6.81. The minimum atomic E-state index is -0.614. The molecule has 0 unspecified atom stereocenters. The summed E-state index contributed by atoms with van der Waals surface area (Å²) in [6, 6.07) is 9.77. The van der Waals surface area contributed by atoms with Gasteiger partial charge in [0.05, 0.1) is 5.75 Å². The van der Waals surface area contributed by atoms with Gasteiger partial charge in [-0.1, -0.05) is 65.5 Å². The highest BCUT2D eigenvalue weighted by atomic mass is 35.5. The van der Waals surface area contributed by atoms with Crippen molar-refractivity contribution in [1.82, 2.24) is 10.2 Å². The van der Waals surface area contributed by atoms with Gasteiger partial charge in [0.15, 0.2) is 0 Å². The Morgan fingerprint density at radius 1 is 0.969 bits per heavy atom. The first-order valence-electron chi connectivity index (χ1n) is 10.2. The van der Waals surface area contributed by atoms with Crippen molar-refractivity contribution in [2.45, 2.75) is 51.6 Å². The monoisotopic (exact) mass is 534 g/mol.